The number of piperidine rings is 1. The van der Waals surface area contributed by atoms with E-state index in [1.165, 1.54) is 26.4 Å². The summed E-state index contributed by atoms with van der Waals surface area (Å²) in [6.07, 6.45) is 8.75. The number of hydrogen-bond acceptors (Lipinski definition) is 7. The number of likely N-dealkylation sites (tertiary alicyclic amines) is 1. The Morgan fingerprint density at radius 2 is 1.70 bits per heavy atom. The fraction of sp³-hybridized carbons (Fsp3) is 0.607. The Balaban J connectivity index is 1.60. The highest BCUT2D eigenvalue weighted by atomic mass is 16.5. The molecular weight excluding hydrogens is 472 g/mol. The second-order valence-electron chi connectivity index (χ2n) is 9.98. The van der Waals surface area contributed by atoms with Gasteiger partial charge in [-0.1, -0.05) is 25.3 Å². The molecule has 2 aliphatic rings. The van der Waals surface area contributed by atoms with Crippen LogP contribution in [0.5, 0.6) is 11.5 Å². The van der Waals surface area contributed by atoms with Crippen LogP contribution in [0.1, 0.15) is 74.3 Å². The van der Waals surface area contributed by atoms with Crippen LogP contribution in [-0.4, -0.2) is 73.6 Å². The topological polar surface area (TPSA) is 94.9 Å². The number of rotatable bonds is 11. The zero-order chi connectivity index (χ0) is 26.2. The molecule has 4 rings (SSSR count). The molecule has 0 bridgehead atoms. The van der Waals surface area contributed by atoms with Crippen molar-refractivity contribution in [3.05, 3.63) is 30.0 Å². The largest absolute Gasteiger partial charge is 0.496 e. The molecule has 1 aromatic carbocycles. The van der Waals surface area contributed by atoms with E-state index in [0.29, 0.717) is 23.6 Å². The number of hydrogen-bond donors (Lipinski definition) is 1. The summed E-state index contributed by atoms with van der Waals surface area (Å²) >= 11 is 0. The molecule has 1 atom stereocenters. The molecule has 9 heteroatoms. The maximum Gasteiger partial charge on any atom is 0.307 e. The van der Waals surface area contributed by atoms with Gasteiger partial charge in [-0.15, -0.1) is 0 Å². The van der Waals surface area contributed by atoms with E-state index in [1.807, 2.05) is 28.9 Å². The van der Waals surface area contributed by atoms with Gasteiger partial charge in [-0.2, -0.15) is 5.10 Å². The number of esters is 1. The lowest BCUT2D eigenvalue weighted by molar-refractivity contribution is -0.141. The summed E-state index contributed by atoms with van der Waals surface area (Å²) in [5.41, 5.74) is 1.90. The van der Waals surface area contributed by atoms with E-state index in [9.17, 15) is 9.59 Å². The minimum absolute atomic E-state index is 0.132. The molecule has 0 radical (unpaired) electrons. The molecule has 0 spiro atoms. The SMILES string of the molecule is COC(=O)CC(CCN1CCCCC1)NC(=O)c1cc(-c2c(OC)cccc2OC)n(C2CCCC2)n1. The summed E-state index contributed by atoms with van der Waals surface area (Å²) in [4.78, 5) is 28.0. The average Bonchev–Trinajstić information content (AvgIpc) is 3.62. The third kappa shape index (κ3) is 6.63. The first-order chi connectivity index (χ1) is 18.0. The van der Waals surface area contributed by atoms with Gasteiger partial charge in [-0.25, -0.2) is 0 Å². The van der Waals surface area contributed by atoms with Gasteiger partial charge in [0.2, 0.25) is 0 Å². The first-order valence-electron chi connectivity index (χ1n) is 13.4. The Morgan fingerprint density at radius 1 is 1.03 bits per heavy atom. The van der Waals surface area contributed by atoms with Crippen LogP contribution in [0.15, 0.2) is 24.3 Å². The molecular formula is C28H40N4O5. The zero-order valence-electron chi connectivity index (χ0n) is 22.3. The van der Waals surface area contributed by atoms with E-state index in [2.05, 4.69) is 10.2 Å². The van der Waals surface area contributed by atoms with Crippen molar-refractivity contribution in [1.29, 1.82) is 0 Å². The molecule has 1 unspecified atom stereocenters. The van der Waals surface area contributed by atoms with E-state index in [-0.39, 0.29) is 30.4 Å². The van der Waals surface area contributed by atoms with Crippen LogP contribution in [-0.2, 0) is 9.53 Å². The summed E-state index contributed by atoms with van der Waals surface area (Å²) in [7, 11) is 4.63. The van der Waals surface area contributed by atoms with Gasteiger partial charge in [0.05, 0.1) is 45.0 Å². The monoisotopic (exact) mass is 512 g/mol. The van der Waals surface area contributed by atoms with Crippen LogP contribution in [0, 0.1) is 0 Å². The van der Waals surface area contributed by atoms with Crippen LogP contribution in [0.25, 0.3) is 11.3 Å². The molecule has 1 amide bonds. The minimum Gasteiger partial charge on any atom is -0.496 e. The summed E-state index contributed by atoms with van der Waals surface area (Å²) < 4.78 is 18.2. The maximum atomic E-state index is 13.5. The molecule has 1 aliphatic carbocycles. The minimum atomic E-state index is -0.333. The van der Waals surface area contributed by atoms with Crippen LogP contribution >= 0.6 is 0 Å². The lowest BCUT2D eigenvalue weighted by Gasteiger charge is -2.28. The lowest BCUT2D eigenvalue weighted by Crippen LogP contribution is -2.40. The smallest absolute Gasteiger partial charge is 0.307 e. The molecule has 202 valence electrons. The van der Waals surface area contributed by atoms with Crippen molar-refractivity contribution in [3.63, 3.8) is 0 Å². The summed E-state index contributed by atoms with van der Waals surface area (Å²) in [6, 6.07) is 7.34. The van der Waals surface area contributed by atoms with Crippen molar-refractivity contribution in [1.82, 2.24) is 20.0 Å². The van der Waals surface area contributed by atoms with Gasteiger partial charge in [-0.3, -0.25) is 14.3 Å². The van der Waals surface area contributed by atoms with Gasteiger partial charge < -0.3 is 24.4 Å². The van der Waals surface area contributed by atoms with E-state index in [4.69, 9.17) is 19.3 Å². The average molecular weight is 513 g/mol. The van der Waals surface area contributed by atoms with Crippen molar-refractivity contribution in [3.8, 4) is 22.8 Å². The van der Waals surface area contributed by atoms with Crippen LogP contribution in [0.4, 0.5) is 0 Å². The number of nitrogens with zero attached hydrogens (tertiary/aromatic N) is 3. The fourth-order valence-corrected chi connectivity index (χ4v) is 5.51. The maximum absolute atomic E-state index is 13.5. The second kappa shape index (κ2) is 12.9. The first-order valence-corrected chi connectivity index (χ1v) is 13.4. The Bertz CT molecular complexity index is 1030. The molecule has 1 aliphatic heterocycles. The molecule has 2 heterocycles. The number of amides is 1. The zero-order valence-corrected chi connectivity index (χ0v) is 22.3. The summed E-state index contributed by atoms with van der Waals surface area (Å²) in [5, 5.41) is 7.86. The van der Waals surface area contributed by atoms with Crippen LogP contribution in [0.2, 0.25) is 0 Å². The van der Waals surface area contributed by atoms with Crippen LogP contribution in [0.3, 0.4) is 0 Å². The predicted octanol–water partition coefficient (Wildman–Crippen LogP) is 4.22. The van der Waals surface area contributed by atoms with Gasteiger partial charge in [-0.05, 0) is 63.4 Å². The quantitative estimate of drug-likeness (QED) is 0.451. The molecule has 1 saturated heterocycles. The number of ether oxygens (including phenoxy) is 3. The van der Waals surface area contributed by atoms with Crippen LogP contribution < -0.4 is 14.8 Å². The highest BCUT2D eigenvalue weighted by molar-refractivity contribution is 5.94. The van der Waals surface area contributed by atoms with Gasteiger partial charge >= 0.3 is 5.97 Å². The number of aromatic nitrogens is 2. The fourth-order valence-electron chi connectivity index (χ4n) is 5.51. The number of carbonyl (C=O) groups excluding carboxylic acids is 2. The summed E-state index contributed by atoms with van der Waals surface area (Å²) in [6.45, 7) is 2.96. The predicted molar refractivity (Wildman–Crippen MR) is 141 cm³/mol. The molecule has 2 aromatic rings. The van der Waals surface area contributed by atoms with Gasteiger partial charge in [0.15, 0.2) is 5.69 Å². The molecule has 1 saturated carbocycles. The van der Waals surface area contributed by atoms with Crippen molar-refractivity contribution in [2.24, 2.45) is 0 Å². The standard InChI is InChI=1S/C28H40N4O5/c1-35-24-12-9-13-25(36-2)27(24)23-19-22(30-32(23)21-10-5-6-11-21)28(34)29-20(18-26(33)37-3)14-17-31-15-7-4-8-16-31/h9,12-13,19-21H,4-8,10-11,14-18H2,1-3H3,(H,29,34). The Kier molecular flexibility index (Phi) is 9.44. The van der Waals surface area contributed by atoms with Gasteiger partial charge in [0, 0.05) is 12.6 Å². The van der Waals surface area contributed by atoms with Crippen molar-refractivity contribution in [2.75, 3.05) is 41.0 Å². The summed E-state index contributed by atoms with van der Waals surface area (Å²) in [5.74, 6) is 0.699. The first kappa shape index (κ1) is 27.0. The molecule has 2 fully saturated rings. The Hall–Kier alpha value is -3.07. The molecule has 1 aromatic heterocycles. The number of methoxy groups -OCH3 is 3. The highest BCUT2D eigenvalue weighted by Gasteiger charge is 2.28. The van der Waals surface area contributed by atoms with Crippen molar-refractivity contribution >= 4 is 11.9 Å². The molecule has 37 heavy (non-hydrogen) atoms. The van der Waals surface area contributed by atoms with E-state index in [1.54, 1.807) is 14.2 Å². The second-order valence-corrected chi connectivity index (χ2v) is 9.98. The van der Waals surface area contributed by atoms with E-state index in [0.717, 1.165) is 56.6 Å². The molecule has 1 N–H and O–H groups in total. The number of benzene rings is 1. The lowest BCUT2D eigenvalue weighted by atomic mass is 10.1. The Morgan fingerprint density at radius 3 is 2.32 bits per heavy atom. The number of carbonyl (C=O) groups is 2. The van der Waals surface area contributed by atoms with Crippen molar-refractivity contribution in [2.45, 2.75) is 69.9 Å². The highest BCUT2D eigenvalue weighted by Crippen LogP contribution is 2.41. The van der Waals surface area contributed by atoms with E-state index < -0.39 is 0 Å². The Labute approximate surface area is 219 Å². The third-order valence-electron chi connectivity index (χ3n) is 7.54. The normalized spacial score (nSPS) is 17.4. The van der Waals surface area contributed by atoms with Gasteiger partial charge in [0.25, 0.3) is 5.91 Å². The van der Waals surface area contributed by atoms with Crippen molar-refractivity contribution < 1.29 is 23.8 Å². The van der Waals surface area contributed by atoms with E-state index >= 15 is 0 Å². The molecule has 9 nitrogen and oxygen atoms in total. The third-order valence-corrected chi connectivity index (χ3v) is 7.54. The number of nitrogens with one attached hydrogen (secondary N) is 1. The van der Waals surface area contributed by atoms with Gasteiger partial charge in [0.1, 0.15) is 11.5 Å².